The van der Waals surface area contributed by atoms with E-state index in [-0.39, 0.29) is 0 Å². The van der Waals surface area contributed by atoms with Crippen molar-refractivity contribution in [2.24, 2.45) is 0 Å². The summed E-state index contributed by atoms with van der Waals surface area (Å²) in [5.74, 6) is 0.815. The van der Waals surface area contributed by atoms with Crippen LogP contribution in [0.5, 0.6) is 0 Å². The number of rotatable bonds is 7. The first-order valence-electron chi connectivity index (χ1n) is 19.3. The zero-order valence-corrected chi connectivity index (χ0v) is 31.0. The number of hydrogen-bond donors (Lipinski definition) is 0. The Morgan fingerprint density at radius 2 is 0.860 bits per heavy atom. The fourth-order valence-electron chi connectivity index (χ4n) is 8.23. The largest absolute Gasteiger partial charge is 0.456 e. The molecule has 2 heterocycles. The first-order valence-corrected chi connectivity index (χ1v) is 19.3. The normalized spacial score (nSPS) is 11.5. The van der Waals surface area contributed by atoms with Crippen molar-refractivity contribution in [3.63, 3.8) is 0 Å². The molecule has 268 valence electrons. The van der Waals surface area contributed by atoms with Gasteiger partial charge in [0.2, 0.25) is 0 Å². The van der Waals surface area contributed by atoms with E-state index in [1.54, 1.807) is 0 Å². The third-order valence-corrected chi connectivity index (χ3v) is 11.0. The molecule has 11 rings (SSSR count). The van der Waals surface area contributed by atoms with Gasteiger partial charge in [0, 0.05) is 38.5 Å². The summed E-state index contributed by atoms with van der Waals surface area (Å²) in [6, 6.07) is 75.2. The second-order valence-electron chi connectivity index (χ2n) is 14.5. The molecule has 0 radical (unpaired) electrons. The second-order valence-corrected chi connectivity index (χ2v) is 14.5. The van der Waals surface area contributed by atoms with Gasteiger partial charge in [-0.05, 0) is 99.4 Å². The van der Waals surface area contributed by atoms with E-state index in [1.807, 2.05) is 18.2 Å². The van der Waals surface area contributed by atoms with Crippen LogP contribution in [0.3, 0.4) is 0 Å². The molecule has 0 atom stereocenters. The van der Waals surface area contributed by atoms with Gasteiger partial charge in [0.05, 0.1) is 5.69 Å². The van der Waals surface area contributed by atoms with Crippen molar-refractivity contribution in [3.05, 3.63) is 212 Å². The Morgan fingerprint density at radius 1 is 0.298 bits per heavy atom. The Labute approximate surface area is 330 Å². The Kier molecular flexibility index (Phi) is 7.82. The van der Waals surface area contributed by atoms with Gasteiger partial charge < -0.3 is 13.7 Å². The summed E-state index contributed by atoms with van der Waals surface area (Å²) in [6.45, 7) is 0. The van der Waals surface area contributed by atoms with Crippen molar-refractivity contribution < 1.29 is 8.83 Å². The molecule has 2 aromatic heterocycles. The number of nitrogens with zero attached hydrogens (tertiary/aromatic N) is 1. The van der Waals surface area contributed by atoms with Gasteiger partial charge >= 0.3 is 0 Å². The summed E-state index contributed by atoms with van der Waals surface area (Å²) in [4.78, 5) is 2.39. The summed E-state index contributed by atoms with van der Waals surface area (Å²) < 4.78 is 13.4. The topological polar surface area (TPSA) is 29.5 Å². The number of hydrogen-bond acceptors (Lipinski definition) is 3. The molecule has 0 aliphatic heterocycles. The fraction of sp³-hybridized carbons (Fsp3) is 0. The van der Waals surface area contributed by atoms with Gasteiger partial charge in [-0.2, -0.15) is 0 Å². The lowest BCUT2D eigenvalue weighted by Gasteiger charge is -2.28. The Hall–Kier alpha value is -7.62. The lowest BCUT2D eigenvalue weighted by Crippen LogP contribution is -2.11. The number of furan rings is 2. The maximum absolute atomic E-state index is 7.09. The van der Waals surface area contributed by atoms with E-state index >= 15 is 0 Å². The molecule has 3 nitrogen and oxygen atoms in total. The molecular weight excluding hydrogens is 695 g/mol. The summed E-state index contributed by atoms with van der Waals surface area (Å²) in [5.41, 5.74) is 13.4. The molecule has 0 bridgehead atoms. The van der Waals surface area contributed by atoms with E-state index in [4.69, 9.17) is 8.83 Å². The van der Waals surface area contributed by atoms with E-state index in [9.17, 15) is 0 Å². The van der Waals surface area contributed by atoms with Crippen LogP contribution in [-0.4, -0.2) is 0 Å². The van der Waals surface area contributed by atoms with Gasteiger partial charge in [-0.1, -0.05) is 152 Å². The van der Waals surface area contributed by atoms with Gasteiger partial charge in [0.25, 0.3) is 0 Å². The molecule has 0 spiro atoms. The molecular formula is C54H35NO2. The zero-order valence-electron chi connectivity index (χ0n) is 31.0. The standard InChI is InChI=1S/C54H35NO2/c1-4-14-36(15-5-1)39-24-27-45(28-25-39)55(46-31-43(37-16-6-2-7-17-37)30-44(32-46)38-18-8-3-9-19-38)53-47-22-12-10-20-40(47)33-49-48-29-26-42(35-52(48)57-54(49)53)51-34-41-21-11-13-23-50(41)56-51/h1-35H. The number of fused-ring (bicyclic) bond motifs is 5. The quantitative estimate of drug-likeness (QED) is 0.164. The van der Waals surface area contributed by atoms with Crippen LogP contribution >= 0.6 is 0 Å². The van der Waals surface area contributed by atoms with E-state index in [1.165, 1.54) is 5.56 Å². The highest BCUT2D eigenvalue weighted by Crippen LogP contribution is 2.48. The number of benzene rings is 9. The van der Waals surface area contributed by atoms with Crippen molar-refractivity contribution >= 4 is 60.7 Å². The zero-order chi connectivity index (χ0) is 37.7. The lowest BCUT2D eigenvalue weighted by molar-refractivity contribution is 0.630. The molecule has 0 fully saturated rings. The van der Waals surface area contributed by atoms with Crippen molar-refractivity contribution in [2.45, 2.75) is 0 Å². The van der Waals surface area contributed by atoms with Crippen LogP contribution in [-0.2, 0) is 0 Å². The van der Waals surface area contributed by atoms with Gasteiger partial charge in [-0.25, -0.2) is 0 Å². The van der Waals surface area contributed by atoms with Crippen LogP contribution in [0.2, 0.25) is 0 Å². The summed E-state index contributed by atoms with van der Waals surface area (Å²) in [7, 11) is 0. The number of para-hydroxylation sites is 1. The highest BCUT2D eigenvalue weighted by atomic mass is 16.3. The van der Waals surface area contributed by atoms with Gasteiger partial charge in [0.1, 0.15) is 16.9 Å². The Balaban J connectivity index is 1.19. The van der Waals surface area contributed by atoms with Crippen LogP contribution in [0.1, 0.15) is 0 Å². The predicted octanol–water partition coefficient (Wildman–Crippen LogP) is 15.6. The lowest BCUT2D eigenvalue weighted by atomic mass is 9.96. The molecule has 0 unspecified atom stereocenters. The monoisotopic (exact) mass is 729 g/mol. The molecule has 0 aliphatic rings. The highest BCUT2D eigenvalue weighted by Gasteiger charge is 2.24. The molecule has 0 N–H and O–H groups in total. The predicted molar refractivity (Wildman–Crippen MR) is 237 cm³/mol. The molecule has 57 heavy (non-hydrogen) atoms. The highest BCUT2D eigenvalue weighted by molar-refractivity contribution is 6.19. The second kappa shape index (κ2) is 13.6. The van der Waals surface area contributed by atoms with E-state index in [0.717, 1.165) is 99.9 Å². The summed E-state index contributed by atoms with van der Waals surface area (Å²) in [5, 5.41) is 5.42. The van der Waals surface area contributed by atoms with E-state index < -0.39 is 0 Å². The molecule has 3 heteroatoms. The van der Waals surface area contributed by atoms with Crippen molar-refractivity contribution in [1.29, 1.82) is 0 Å². The molecule has 0 aliphatic carbocycles. The maximum Gasteiger partial charge on any atom is 0.160 e. The maximum atomic E-state index is 7.09. The van der Waals surface area contributed by atoms with E-state index in [0.29, 0.717) is 0 Å². The molecule has 9 aromatic carbocycles. The molecule has 0 saturated heterocycles. The average Bonchev–Trinajstić information content (AvgIpc) is 3.89. The third kappa shape index (κ3) is 5.85. The third-order valence-electron chi connectivity index (χ3n) is 11.0. The van der Waals surface area contributed by atoms with E-state index in [2.05, 4.69) is 199 Å². The minimum atomic E-state index is 0.807. The van der Waals surface area contributed by atoms with Crippen molar-refractivity contribution in [3.8, 4) is 44.7 Å². The van der Waals surface area contributed by atoms with Crippen LogP contribution < -0.4 is 4.90 Å². The van der Waals surface area contributed by atoms with Gasteiger partial charge in [-0.3, -0.25) is 0 Å². The Bertz CT molecular complexity index is 3120. The van der Waals surface area contributed by atoms with Crippen LogP contribution in [0.15, 0.2) is 221 Å². The minimum Gasteiger partial charge on any atom is -0.456 e. The average molecular weight is 730 g/mol. The first-order chi connectivity index (χ1) is 28.2. The fourth-order valence-corrected chi connectivity index (χ4v) is 8.23. The van der Waals surface area contributed by atoms with Crippen LogP contribution in [0.4, 0.5) is 17.1 Å². The molecule has 0 amide bonds. The number of anilines is 3. The SMILES string of the molecule is c1ccc(-c2ccc(N(c3cc(-c4ccccc4)cc(-c4ccccc4)c3)c3c4ccccc4cc4c3oc3cc(-c5cc6ccccc6o5)ccc34)cc2)cc1. The van der Waals surface area contributed by atoms with Gasteiger partial charge in [-0.15, -0.1) is 0 Å². The van der Waals surface area contributed by atoms with Crippen molar-refractivity contribution in [1.82, 2.24) is 0 Å². The molecule has 0 saturated carbocycles. The minimum absolute atomic E-state index is 0.807. The summed E-state index contributed by atoms with van der Waals surface area (Å²) >= 11 is 0. The van der Waals surface area contributed by atoms with Crippen molar-refractivity contribution in [2.75, 3.05) is 4.90 Å². The van der Waals surface area contributed by atoms with Crippen LogP contribution in [0, 0.1) is 0 Å². The van der Waals surface area contributed by atoms with Crippen LogP contribution in [0.25, 0.3) is 88.4 Å². The molecule has 11 aromatic rings. The van der Waals surface area contributed by atoms with Gasteiger partial charge in [0.15, 0.2) is 5.58 Å². The summed E-state index contributed by atoms with van der Waals surface area (Å²) in [6.07, 6.45) is 0. The first kappa shape index (κ1) is 32.8. The Morgan fingerprint density at radius 3 is 1.53 bits per heavy atom. The smallest absolute Gasteiger partial charge is 0.160 e.